The van der Waals surface area contributed by atoms with Gasteiger partial charge in [0.25, 0.3) is 11.5 Å². The Kier molecular flexibility index (Phi) is 7.10. The summed E-state index contributed by atoms with van der Waals surface area (Å²) in [4.78, 5) is 33.7. The normalized spacial score (nSPS) is 20.0. The molecule has 9 heteroatoms. The van der Waals surface area contributed by atoms with Crippen molar-refractivity contribution < 1.29 is 4.79 Å². The molecule has 1 fully saturated rings. The van der Waals surface area contributed by atoms with Crippen LogP contribution >= 0.6 is 24.0 Å². The smallest absolute Gasteiger partial charge is 0.253 e. The number of aromatic nitrogens is 2. The number of likely N-dealkylation sites (tertiary alicyclic amines) is 1. The Morgan fingerprint density at radius 3 is 2.72 bits per heavy atom. The van der Waals surface area contributed by atoms with Crippen molar-refractivity contribution in [2.45, 2.75) is 44.3 Å². The van der Waals surface area contributed by atoms with E-state index in [0.29, 0.717) is 17.6 Å². The molecule has 1 unspecified atom stereocenters. The molecule has 0 saturated carbocycles. The molecule has 7 nitrogen and oxygen atoms in total. The van der Waals surface area contributed by atoms with Crippen molar-refractivity contribution in [3.8, 4) is 0 Å². The van der Waals surface area contributed by atoms with Crippen molar-refractivity contribution in [2.75, 3.05) is 33.2 Å². The van der Waals surface area contributed by atoms with Crippen molar-refractivity contribution in [1.29, 1.82) is 0 Å². The summed E-state index contributed by atoms with van der Waals surface area (Å²) in [5.41, 5.74) is 6.01. The summed E-state index contributed by atoms with van der Waals surface area (Å²) in [6.07, 6.45) is 4.80. The van der Waals surface area contributed by atoms with Crippen LogP contribution < -0.4 is 10.9 Å². The first-order chi connectivity index (χ1) is 17.0. The average molecular weight is 528 g/mol. The van der Waals surface area contributed by atoms with E-state index in [1.165, 1.54) is 5.56 Å². The van der Waals surface area contributed by atoms with Crippen molar-refractivity contribution in [3.05, 3.63) is 74.2 Å². The van der Waals surface area contributed by atoms with Gasteiger partial charge in [-0.1, -0.05) is 23.7 Å². The van der Waals surface area contributed by atoms with Crippen molar-refractivity contribution in [2.24, 2.45) is 0 Å². The number of amides is 1. The van der Waals surface area contributed by atoms with Crippen molar-refractivity contribution in [3.63, 3.8) is 0 Å². The Morgan fingerprint density at radius 1 is 1.11 bits per heavy atom. The van der Waals surface area contributed by atoms with Gasteiger partial charge in [0.05, 0.1) is 16.1 Å². The Morgan fingerprint density at radius 2 is 1.92 bits per heavy atom. The summed E-state index contributed by atoms with van der Waals surface area (Å²) in [6, 6.07) is 10.2. The summed E-state index contributed by atoms with van der Waals surface area (Å²) < 4.78 is 1.84. The standard InChI is InChI=1S/C27H30ClN5O2.ClH/c1-31-9-6-18-3-2-17(12-21(18)27(31)35)13-29-20-7-10-32(11-8-20)15-19-16-33-24(34)5-4-23-26(33)25(19)22(28)14-30-23;/h2-5,12,14,19-20,29H,6-11,13,15-16H2,1H3;1H. The van der Waals surface area contributed by atoms with E-state index in [4.69, 9.17) is 11.6 Å². The van der Waals surface area contributed by atoms with E-state index in [9.17, 15) is 9.59 Å². The second-order valence-electron chi connectivity index (χ2n) is 10.2. The molecule has 3 aliphatic rings. The number of nitrogens with one attached hydrogen (secondary N) is 1. The lowest BCUT2D eigenvalue weighted by Gasteiger charge is -2.34. The number of pyridine rings is 2. The van der Waals surface area contributed by atoms with E-state index < -0.39 is 0 Å². The number of carbonyl (C=O) groups is 1. The SMILES string of the molecule is CN1CCc2ccc(CNC3CCN(CC4Cn5c(=O)ccc6ncc(Cl)c4c65)CC3)cc2C1=O.Cl. The van der Waals surface area contributed by atoms with Crippen LogP contribution in [-0.4, -0.2) is 64.5 Å². The van der Waals surface area contributed by atoms with Gasteiger partial charge in [-0.3, -0.25) is 14.6 Å². The van der Waals surface area contributed by atoms with Crippen LogP contribution in [0.25, 0.3) is 11.0 Å². The second-order valence-corrected chi connectivity index (χ2v) is 10.6. The molecular formula is C27H31Cl2N5O2. The van der Waals surface area contributed by atoms with Crippen LogP contribution in [-0.2, 0) is 19.5 Å². The van der Waals surface area contributed by atoms with Gasteiger partial charge in [0, 0.05) is 68.6 Å². The highest BCUT2D eigenvalue weighted by atomic mass is 35.5. The highest BCUT2D eigenvalue weighted by Gasteiger charge is 2.31. The molecule has 1 N–H and O–H groups in total. The second kappa shape index (κ2) is 10.1. The quantitative estimate of drug-likeness (QED) is 0.550. The maximum absolute atomic E-state index is 12.5. The summed E-state index contributed by atoms with van der Waals surface area (Å²) in [5, 5.41) is 4.36. The molecule has 1 aromatic carbocycles. The number of piperidine rings is 1. The summed E-state index contributed by atoms with van der Waals surface area (Å²) in [5.74, 6) is 0.336. The fraction of sp³-hybridized carbons (Fsp3) is 0.444. The van der Waals surface area contributed by atoms with E-state index in [-0.39, 0.29) is 29.8 Å². The molecule has 5 heterocycles. The van der Waals surface area contributed by atoms with E-state index >= 15 is 0 Å². The molecule has 0 bridgehead atoms. The number of nitrogens with zero attached hydrogens (tertiary/aromatic N) is 4. The molecule has 3 aliphatic heterocycles. The van der Waals surface area contributed by atoms with Gasteiger partial charge in [-0.15, -0.1) is 12.4 Å². The zero-order valence-electron chi connectivity index (χ0n) is 20.4. The Bertz CT molecular complexity index is 1370. The van der Waals surface area contributed by atoms with Crippen molar-refractivity contribution in [1.82, 2.24) is 24.7 Å². The first kappa shape index (κ1) is 25.2. The highest BCUT2D eigenvalue weighted by Crippen LogP contribution is 2.37. The molecule has 190 valence electrons. The van der Waals surface area contributed by atoms with Gasteiger partial charge in [0.15, 0.2) is 0 Å². The summed E-state index contributed by atoms with van der Waals surface area (Å²) in [6.45, 7) is 5.16. The third kappa shape index (κ3) is 4.54. The average Bonchev–Trinajstić information content (AvgIpc) is 3.26. The fourth-order valence-electron chi connectivity index (χ4n) is 5.93. The predicted octanol–water partition coefficient (Wildman–Crippen LogP) is 3.45. The van der Waals surface area contributed by atoms with Gasteiger partial charge in [-0.25, -0.2) is 0 Å². The topological polar surface area (TPSA) is 70.5 Å². The third-order valence-corrected chi connectivity index (χ3v) is 8.23. The number of hydrogen-bond acceptors (Lipinski definition) is 5. The highest BCUT2D eigenvalue weighted by molar-refractivity contribution is 6.32. The lowest BCUT2D eigenvalue weighted by molar-refractivity contribution is 0.0780. The Labute approximate surface area is 221 Å². The molecule has 0 radical (unpaired) electrons. The first-order valence-corrected chi connectivity index (χ1v) is 12.9. The largest absolute Gasteiger partial charge is 0.341 e. The number of rotatable bonds is 5. The number of hydrogen-bond donors (Lipinski definition) is 1. The Balaban J connectivity index is 0.00000267. The van der Waals surface area contributed by atoms with E-state index in [2.05, 4.69) is 33.4 Å². The molecule has 2 aromatic heterocycles. The molecule has 6 rings (SSSR count). The maximum Gasteiger partial charge on any atom is 0.253 e. The molecule has 1 amide bonds. The van der Waals surface area contributed by atoms with E-state index in [0.717, 1.165) is 79.7 Å². The number of benzene rings is 1. The van der Waals surface area contributed by atoms with Crippen LogP contribution in [0.3, 0.4) is 0 Å². The number of halogens is 2. The molecular weight excluding hydrogens is 497 g/mol. The number of carbonyl (C=O) groups excluding carboxylic acids is 1. The minimum absolute atomic E-state index is 0. The van der Waals surface area contributed by atoms with Crippen LogP contribution in [0.1, 0.15) is 45.8 Å². The third-order valence-electron chi connectivity index (χ3n) is 7.93. The molecule has 1 saturated heterocycles. The number of fused-ring (bicyclic) bond motifs is 1. The minimum atomic E-state index is 0. The van der Waals surface area contributed by atoms with Crippen LogP contribution in [0, 0.1) is 0 Å². The predicted molar refractivity (Wildman–Crippen MR) is 144 cm³/mol. The Hall–Kier alpha value is -2.45. The first-order valence-electron chi connectivity index (χ1n) is 12.5. The summed E-state index contributed by atoms with van der Waals surface area (Å²) >= 11 is 6.56. The van der Waals surface area contributed by atoms with Gasteiger partial charge in [-0.05, 0) is 55.6 Å². The fourth-order valence-corrected chi connectivity index (χ4v) is 6.23. The van der Waals surface area contributed by atoms with Crippen LogP contribution in [0.5, 0.6) is 0 Å². The van der Waals surface area contributed by atoms with Gasteiger partial charge in [0.1, 0.15) is 0 Å². The van der Waals surface area contributed by atoms with Gasteiger partial charge < -0.3 is 19.7 Å². The van der Waals surface area contributed by atoms with Crippen LogP contribution in [0.4, 0.5) is 0 Å². The van der Waals surface area contributed by atoms with Crippen molar-refractivity contribution >= 4 is 40.9 Å². The maximum atomic E-state index is 12.5. The van der Waals surface area contributed by atoms with Gasteiger partial charge in [0.2, 0.25) is 0 Å². The summed E-state index contributed by atoms with van der Waals surface area (Å²) in [7, 11) is 1.87. The number of likely N-dealkylation sites (N-methyl/N-ethyl adjacent to an activating group) is 1. The molecule has 36 heavy (non-hydrogen) atoms. The lowest BCUT2D eigenvalue weighted by Crippen LogP contribution is -2.43. The van der Waals surface area contributed by atoms with E-state index in [1.807, 2.05) is 11.6 Å². The van der Waals surface area contributed by atoms with Gasteiger partial charge in [-0.2, -0.15) is 0 Å². The van der Waals surface area contributed by atoms with Crippen LogP contribution in [0.2, 0.25) is 5.02 Å². The zero-order chi connectivity index (χ0) is 24.1. The van der Waals surface area contributed by atoms with Gasteiger partial charge >= 0.3 is 0 Å². The monoisotopic (exact) mass is 527 g/mol. The molecule has 0 spiro atoms. The molecule has 3 aromatic rings. The molecule has 1 atom stereocenters. The van der Waals surface area contributed by atoms with Crippen LogP contribution in [0.15, 0.2) is 41.3 Å². The van der Waals surface area contributed by atoms with E-state index in [1.54, 1.807) is 23.2 Å². The lowest BCUT2D eigenvalue weighted by atomic mass is 9.96. The minimum Gasteiger partial charge on any atom is -0.341 e. The zero-order valence-corrected chi connectivity index (χ0v) is 21.9. The molecule has 0 aliphatic carbocycles.